The zero-order chi connectivity index (χ0) is 15.1. The standard InChI is InChI=1S/C17H19ClFNO/c1-2-9-20-11-13-5-3-6-14(10-13)12-21-16-8-4-7-15(18)17(16)19/h3-8,10,20H,2,9,11-12H2,1H3. The molecule has 21 heavy (non-hydrogen) atoms. The Labute approximate surface area is 129 Å². The quantitative estimate of drug-likeness (QED) is 0.757. The lowest BCUT2D eigenvalue weighted by molar-refractivity contribution is 0.290. The Morgan fingerprint density at radius 3 is 2.71 bits per heavy atom. The summed E-state index contributed by atoms with van der Waals surface area (Å²) in [4.78, 5) is 0. The summed E-state index contributed by atoms with van der Waals surface area (Å²) in [6.07, 6.45) is 1.11. The summed E-state index contributed by atoms with van der Waals surface area (Å²) in [7, 11) is 0. The van der Waals surface area contributed by atoms with Gasteiger partial charge >= 0.3 is 0 Å². The Kier molecular flexibility index (Phi) is 6.03. The van der Waals surface area contributed by atoms with Crippen LogP contribution in [-0.2, 0) is 13.2 Å². The third-order valence-corrected chi connectivity index (χ3v) is 3.35. The van der Waals surface area contributed by atoms with E-state index >= 15 is 0 Å². The summed E-state index contributed by atoms with van der Waals surface area (Å²) in [5, 5.41) is 3.42. The Hall–Kier alpha value is -1.58. The first-order valence-corrected chi connectivity index (χ1v) is 7.44. The first-order chi connectivity index (χ1) is 10.2. The van der Waals surface area contributed by atoms with Crippen molar-refractivity contribution in [3.05, 3.63) is 64.4 Å². The molecule has 1 N–H and O–H groups in total. The van der Waals surface area contributed by atoms with Gasteiger partial charge in [0.2, 0.25) is 0 Å². The van der Waals surface area contributed by atoms with Crippen LogP contribution in [-0.4, -0.2) is 6.54 Å². The van der Waals surface area contributed by atoms with Crippen LogP contribution in [0.3, 0.4) is 0 Å². The summed E-state index contributed by atoms with van der Waals surface area (Å²) < 4.78 is 19.2. The second kappa shape index (κ2) is 8.01. The minimum Gasteiger partial charge on any atom is -0.486 e. The molecule has 0 bridgehead atoms. The van der Waals surface area contributed by atoms with Crippen LogP contribution in [0.4, 0.5) is 4.39 Å². The van der Waals surface area contributed by atoms with Crippen molar-refractivity contribution >= 4 is 11.6 Å². The fourth-order valence-corrected chi connectivity index (χ4v) is 2.16. The molecule has 2 nitrogen and oxygen atoms in total. The van der Waals surface area contributed by atoms with E-state index in [9.17, 15) is 4.39 Å². The maximum Gasteiger partial charge on any atom is 0.183 e. The topological polar surface area (TPSA) is 21.3 Å². The fourth-order valence-electron chi connectivity index (χ4n) is 2.00. The van der Waals surface area contributed by atoms with Gasteiger partial charge in [-0.2, -0.15) is 0 Å². The normalized spacial score (nSPS) is 10.6. The molecular formula is C17H19ClFNO. The molecule has 2 aromatic rings. The maximum atomic E-state index is 13.7. The van der Waals surface area contributed by atoms with Crippen LogP contribution in [0.15, 0.2) is 42.5 Å². The number of hydrogen-bond donors (Lipinski definition) is 1. The van der Waals surface area contributed by atoms with Crippen LogP contribution < -0.4 is 10.1 Å². The average molecular weight is 308 g/mol. The van der Waals surface area contributed by atoms with Gasteiger partial charge in [-0.15, -0.1) is 0 Å². The summed E-state index contributed by atoms with van der Waals surface area (Å²) in [6.45, 7) is 4.28. The first kappa shape index (κ1) is 15.8. The van der Waals surface area contributed by atoms with Crippen molar-refractivity contribution < 1.29 is 9.13 Å². The van der Waals surface area contributed by atoms with Gasteiger partial charge in [-0.3, -0.25) is 0 Å². The Morgan fingerprint density at radius 1 is 1.14 bits per heavy atom. The van der Waals surface area contributed by atoms with Crippen LogP contribution in [0.5, 0.6) is 5.75 Å². The van der Waals surface area contributed by atoms with Crippen LogP contribution in [0.1, 0.15) is 24.5 Å². The second-order valence-electron chi connectivity index (χ2n) is 4.84. The van der Waals surface area contributed by atoms with Crippen molar-refractivity contribution in [3.8, 4) is 5.75 Å². The molecule has 0 aliphatic heterocycles. The van der Waals surface area contributed by atoms with Gasteiger partial charge in [0.15, 0.2) is 11.6 Å². The van der Waals surface area contributed by atoms with E-state index in [1.165, 1.54) is 11.6 Å². The molecule has 0 unspecified atom stereocenters. The van der Waals surface area contributed by atoms with Crippen molar-refractivity contribution in [2.75, 3.05) is 6.54 Å². The highest BCUT2D eigenvalue weighted by Crippen LogP contribution is 2.24. The smallest absolute Gasteiger partial charge is 0.183 e. The SMILES string of the molecule is CCCNCc1cccc(COc2cccc(Cl)c2F)c1. The molecule has 0 aliphatic carbocycles. The molecule has 0 saturated carbocycles. The Morgan fingerprint density at radius 2 is 1.90 bits per heavy atom. The lowest BCUT2D eigenvalue weighted by Gasteiger charge is -2.09. The molecule has 0 saturated heterocycles. The number of benzene rings is 2. The van der Waals surface area contributed by atoms with Crippen LogP contribution >= 0.6 is 11.6 Å². The van der Waals surface area contributed by atoms with E-state index in [2.05, 4.69) is 24.4 Å². The summed E-state index contributed by atoms with van der Waals surface area (Å²) >= 11 is 5.73. The van der Waals surface area contributed by atoms with E-state index < -0.39 is 5.82 Å². The summed E-state index contributed by atoms with van der Waals surface area (Å²) in [5.74, 6) is -0.336. The molecule has 0 heterocycles. The van der Waals surface area contributed by atoms with Crippen molar-refractivity contribution in [2.45, 2.75) is 26.5 Å². The highest BCUT2D eigenvalue weighted by molar-refractivity contribution is 6.30. The predicted molar refractivity (Wildman–Crippen MR) is 84.2 cm³/mol. The largest absolute Gasteiger partial charge is 0.486 e. The molecule has 0 amide bonds. The lowest BCUT2D eigenvalue weighted by atomic mass is 10.1. The molecular weight excluding hydrogens is 289 g/mol. The molecule has 0 aliphatic rings. The first-order valence-electron chi connectivity index (χ1n) is 7.06. The third-order valence-electron chi connectivity index (χ3n) is 3.06. The molecule has 2 rings (SSSR count). The molecule has 0 radical (unpaired) electrons. The predicted octanol–water partition coefficient (Wildman–Crippen LogP) is 4.56. The zero-order valence-corrected chi connectivity index (χ0v) is 12.8. The molecule has 0 atom stereocenters. The van der Waals surface area contributed by atoms with Crippen LogP contribution in [0, 0.1) is 5.82 Å². The van der Waals surface area contributed by atoms with E-state index in [0.29, 0.717) is 6.61 Å². The summed E-state index contributed by atoms with van der Waals surface area (Å²) in [6, 6.07) is 12.8. The number of halogens is 2. The highest BCUT2D eigenvalue weighted by Gasteiger charge is 2.07. The van der Waals surface area contributed by atoms with E-state index in [0.717, 1.165) is 25.1 Å². The van der Waals surface area contributed by atoms with Gasteiger partial charge in [-0.25, -0.2) is 4.39 Å². The second-order valence-corrected chi connectivity index (χ2v) is 5.24. The van der Waals surface area contributed by atoms with Gasteiger partial charge in [0.25, 0.3) is 0 Å². The minimum absolute atomic E-state index is 0.0741. The molecule has 0 fully saturated rings. The Bertz CT molecular complexity index is 589. The molecule has 0 aromatic heterocycles. The fraction of sp³-hybridized carbons (Fsp3) is 0.294. The van der Waals surface area contributed by atoms with E-state index in [-0.39, 0.29) is 10.8 Å². The van der Waals surface area contributed by atoms with Crippen molar-refractivity contribution in [1.82, 2.24) is 5.32 Å². The number of rotatable bonds is 7. The van der Waals surface area contributed by atoms with Gasteiger partial charge in [0.05, 0.1) is 5.02 Å². The number of nitrogens with one attached hydrogen (secondary N) is 1. The zero-order valence-electron chi connectivity index (χ0n) is 12.0. The van der Waals surface area contributed by atoms with Gasteiger partial charge in [0, 0.05) is 6.54 Å². The van der Waals surface area contributed by atoms with Crippen LogP contribution in [0.2, 0.25) is 5.02 Å². The third kappa shape index (κ3) is 4.73. The van der Waals surface area contributed by atoms with Gasteiger partial charge < -0.3 is 10.1 Å². The Balaban J connectivity index is 1.96. The number of ether oxygens (including phenoxy) is 1. The highest BCUT2D eigenvalue weighted by atomic mass is 35.5. The number of hydrogen-bond acceptors (Lipinski definition) is 2. The van der Waals surface area contributed by atoms with Crippen molar-refractivity contribution in [2.24, 2.45) is 0 Å². The lowest BCUT2D eigenvalue weighted by Crippen LogP contribution is -2.13. The van der Waals surface area contributed by atoms with Crippen molar-refractivity contribution in [1.29, 1.82) is 0 Å². The van der Waals surface area contributed by atoms with Gasteiger partial charge in [0.1, 0.15) is 6.61 Å². The van der Waals surface area contributed by atoms with Crippen LogP contribution in [0.25, 0.3) is 0 Å². The van der Waals surface area contributed by atoms with Crippen molar-refractivity contribution in [3.63, 3.8) is 0 Å². The van der Waals surface area contributed by atoms with E-state index in [1.54, 1.807) is 12.1 Å². The van der Waals surface area contributed by atoms with Gasteiger partial charge in [-0.05, 0) is 36.2 Å². The molecule has 0 spiro atoms. The monoisotopic (exact) mass is 307 g/mol. The summed E-state index contributed by atoms with van der Waals surface area (Å²) in [5.41, 5.74) is 2.20. The minimum atomic E-state index is -0.514. The molecule has 4 heteroatoms. The molecule has 2 aromatic carbocycles. The van der Waals surface area contributed by atoms with E-state index in [4.69, 9.17) is 16.3 Å². The van der Waals surface area contributed by atoms with Gasteiger partial charge in [-0.1, -0.05) is 48.9 Å². The average Bonchev–Trinajstić information content (AvgIpc) is 2.50. The molecule has 112 valence electrons. The van der Waals surface area contributed by atoms with E-state index in [1.807, 2.05) is 12.1 Å². The maximum absolute atomic E-state index is 13.7.